The van der Waals surface area contributed by atoms with Gasteiger partial charge in [-0.25, -0.2) is 4.99 Å². The van der Waals surface area contributed by atoms with Crippen molar-refractivity contribution >= 4 is 29.9 Å². The van der Waals surface area contributed by atoms with Crippen LogP contribution in [-0.2, 0) is 13.1 Å². The maximum atomic E-state index is 5.72. The molecule has 0 aliphatic rings. The number of nitrogens with one attached hydrogen (secondary N) is 2. The molecule has 1 heterocycles. The van der Waals surface area contributed by atoms with Gasteiger partial charge >= 0.3 is 0 Å². The molecule has 0 unspecified atom stereocenters. The fraction of sp³-hybridized carbons (Fsp3) is 0.273. The molecule has 7 heteroatoms. The standard InChI is InChI=1S/C22H27N5O.HI/c1-2-23-22(24-14-16-28-21-11-4-3-5-12-21)25-17-19-9-6-7-10-20(19)18-27-15-8-13-26-27;/h3-13,15H,2,14,16-18H2,1H3,(H2,23,24,25);1H. The van der Waals surface area contributed by atoms with Gasteiger partial charge in [-0.15, -0.1) is 24.0 Å². The normalized spacial score (nSPS) is 10.9. The fourth-order valence-corrected chi connectivity index (χ4v) is 2.80. The summed E-state index contributed by atoms with van der Waals surface area (Å²) in [4.78, 5) is 4.73. The number of aliphatic imine (C=N–C) groups is 1. The maximum absolute atomic E-state index is 5.72. The molecular formula is C22H28IN5O. The third kappa shape index (κ3) is 7.77. The van der Waals surface area contributed by atoms with Gasteiger partial charge < -0.3 is 15.4 Å². The zero-order chi connectivity index (χ0) is 19.4. The molecule has 0 radical (unpaired) electrons. The largest absolute Gasteiger partial charge is 0.492 e. The SMILES string of the molecule is CCNC(=NCc1ccccc1Cn1cccn1)NCCOc1ccccc1.I. The molecule has 3 aromatic rings. The van der Waals surface area contributed by atoms with Crippen molar-refractivity contribution in [2.75, 3.05) is 19.7 Å². The van der Waals surface area contributed by atoms with E-state index in [1.807, 2.05) is 53.3 Å². The van der Waals surface area contributed by atoms with Crippen LogP contribution in [0.3, 0.4) is 0 Å². The molecule has 0 amide bonds. The fourth-order valence-electron chi connectivity index (χ4n) is 2.80. The van der Waals surface area contributed by atoms with Crippen molar-refractivity contribution in [3.8, 4) is 5.75 Å². The van der Waals surface area contributed by atoms with E-state index >= 15 is 0 Å². The number of hydrogen-bond acceptors (Lipinski definition) is 3. The van der Waals surface area contributed by atoms with Crippen molar-refractivity contribution in [1.82, 2.24) is 20.4 Å². The van der Waals surface area contributed by atoms with Gasteiger partial charge in [0.25, 0.3) is 0 Å². The molecule has 0 fully saturated rings. The lowest BCUT2D eigenvalue weighted by molar-refractivity contribution is 0.322. The molecule has 0 bridgehead atoms. The zero-order valence-corrected chi connectivity index (χ0v) is 19.0. The Balaban J connectivity index is 0.00000300. The first-order chi connectivity index (χ1) is 13.8. The molecule has 2 N–H and O–H groups in total. The highest BCUT2D eigenvalue weighted by atomic mass is 127. The molecule has 0 saturated carbocycles. The van der Waals surface area contributed by atoms with Crippen LogP contribution in [0.1, 0.15) is 18.1 Å². The summed E-state index contributed by atoms with van der Waals surface area (Å²) in [6.45, 7) is 5.46. The van der Waals surface area contributed by atoms with Gasteiger partial charge in [0.2, 0.25) is 0 Å². The van der Waals surface area contributed by atoms with Crippen LogP contribution in [0.5, 0.6) is 5.75 Å². The van der Waals surface area contributed by atoms with E-state index < -0.39 is 0 Å². The lowest BCUT2D eigenvalue weighted by atomic mass is 10.1. The van der Waals surface area contributed by atoms with Crippen molar-refractivity contribution < 1.29 is 4.74 Å². The van der Waals surface area contributed by atoms with Gasteiger partial charge in [0.1, 0.15) is 12.4 Å². The summed E-state index contributed by atoms with van der Waals surface area (Å²) in [5, 5.41) is 10.9. The number of guanidine groups is 1. The molecule has 2 aromatic carbocycles. The third-order valence-electron chi connectivity index (χ3n) is 4.17. The first-order valence-electron chi connectivity index (χ1n) is 9.59. The highest BCUT2D eigenvalue weighted by Gasteiger charge is 2.04. The van der Waals surface area contributed by atoms with Gasteiger partial charge in [-0.1, -0.05) is 42.5 Å². The van der Waals surface area contributed by atoms with Crippen molar-refractivity contribution in [3.05, 3.63) is 84.2 Å². The predicted molar refractivity (Wildman–Crippen MR) is 128 cm³/mol. The third-order valence-corrected chi connectivity index (χ3v) is 4.17. The summed E-state index contributed by atoms with van der Waals surface area (Å²) in [5.74, 6) is 1.66. The number of rotatable bonds is 9. The van der Waals surface area contributed by atoms with Gasteiger partial charge in [-0.2, -0.15) is 5.10 Å². The van der Waals surface area contributed by atoms with Crippen molar-refractivity contribution in [1.29, 1.82) is 0 Å². The molecule has 1 aromatic heterocycles. The molecule has 0 atom stereocenters. The van der Waals surface area contributed by atoms with E-state index in [0.29, 0.717) is 19.7 Å². The Morgan fingerprint density at radius 3 is 2.48 bits per heavy atom. The Morgan fingerprint density at radius 1 is 1.00 bits per heavy atom. The molecule has 0 aliphatic carbocycles. The maximum Gasteiger partial charge on any atom is 0.191 e. The van der Waals surface area contributed by atoms with E-state index in [9.17, 15) is 0 Å². The average Bonchev–Trinajstić information content (AvgIpc) is 3.24. The van der Waals surface area contributed by atoms with Crippen molar-refractivity contribution in [2.45, 2.75) is 20.0 Å². The summed E-state index contributed by atoms with van der Waals surface area (Å²) in [7, 11) is 0. The number of benzene rings is 2. The van der Waals surface area contributed by atoms with E-state index in [2.05, 4.69) is 40.9 Å². The number of ether oxygens (including phenoxy) is 1. The predicted octanol–water partition coefficient (Wildman–Crippen LogP) is 3.68. The molecule has 0 saturated heterocycles. The van der Waals surface area contributed by atoms with E-state index in [1.165, 1.54) is 11.1 Å². The Hall–Kier alpha value is -2.55. The second kappa shape index (κ2) is 12.8. The molecular weight excluding hydrogens is 477 g/mol. The Labute approximate surface area is 189 Å². The quantitative estimate of drug-likeness (QED) is 0.202. The average molecular weight is 505 g/mol. The smallest absolute Gasteiger partial charge is 0.191 e. The molecule has 154 valence electrons. The van der Waals surface area contributed by atoms with Crippen LogP contribution in [0.2, 0.25) is 0 Å². The van der Waals surface area contributed by atoms with Crippen molar-refractivity contribution in [2.24, 2.45) is 4.99 Å². The Morgan fingerprint density at radius 2 is 1.76 bits per heavy atom. The topological polar surface area (TPSA) is 63.5 Å². The summed E-state index contributed by atoms with van der Waals surface area (Å²) >= 11 is 0. The summed E-state index contributed by atoms with van der Waals surface area (Å²) in [6, 6.07) is 20.1. The highest BCUT2D eigenvalue weighted by molar-refractivity contribution is 14.0. The molecule has 0 aliphatic heterocycles. The molecule has 6 nitrogen and oxygen atoms in total. The van der Waals surface area contributed by atoms with Crippen LogP contribution in [0.25, 0.3) is 0 Å². The number of halogens is 1. The summed E-state index contributed by atoms with van der Waals surface area (Å²) < 4.78 is 7.64. The molecule has 3 rings (SSSR count). The second-order valence-electron chi connectivity index (χ2n) is 6.26. The van der Waals surface area contributed by atoms with Gasteiger partial charge in [0.05, 0.1) is 19.6 Å². The van der Waals surface area contributed by atoms with Gasteiger partial charge in [-0.05, 0) is 36.2 Å². The Bertz CT molecular complexity index is 853. The minimum absolute atomic E-state index is 0. The van der Waals surface area contributed by atoms with Crippen LogP contribution in [0.15, 0.2) is 78.0 Å². The van der Waals surface area contributed by atoms with Gasteiger partial charge in [-0.3, -0.25) is 4.68 Å². The summed E-state index contributed by atoms with van der Waals surface area (Å²) in [6.07, 6.45) is 3.77. The lowest BCUT2D eigenvalue weighted by Crippen LogP contribution is -2.39. The van der Waals surface area contributed by atoms with Crippen LogP contribution in [-0.4, -0.2) is 35.4 Å². The zero-order valence-electron chi connectivity index (χ0n) is 16.6. The van der Waals surface area contributed by atoms with Gasteiger partial charge in [0, 0.05) is 18.9 Å². The first-order valence-corrected chi connectivity index (χ1v) is 9.59. The number of nitrogens with zero attached hydrogens (tertiary/aromatic N) is 3. The minimum Gasteiger partial charge on any atom is -0.492 e. The van der Waals surface area contributed by atoms with E-state index in [4.69, 9.17) is 9.73 Å². The van der Waals surface area contributed by atoms with Crippen LogP contribution >= 0.6 is 24.0 Å². The monoisotopic (exact) mass is 505 g/mol. The number of aromatic nitrogens is 2. The van der Waals surface area contributed by atoms with E-state index in [1.54, 1.807) is 6.20 Å². The van der Waals surface area contributed by atoms with Gasteiger partial charge in [0.15, 0.2) is 5.96 Å². The lowest BCUT2D eigenvalue weighted by Gasteiger charge is -2.13. The number of para-hydroxylation sites is 1. The van der Waals surface area contributed by atoms with E-state index in [0.717, 1.165) is 24.8 Å². The molecule has 29 heavy (non-hydrogen) atoms. The van der Waals surface area contributed by atoms with Crippen molar-refractivity contribution in [3.63, 3.8) is 0 Å². The first kappa shape index (κ1) is 22.7. The number of hydrogen-bond donors (Lipinski definition) is 2. The minimum atomic E-state index is 0. The van der Waals surface area contributed by atoms with Crippen LogP contribution < -0.4 is 15.4 Å². The Kier molecular flexibility index (Phi) is 10.1. The van der Waals surface area contributed by atoms with E-state index in [-0.39, 0.29) is 24.0 Å². The highest BCUT2D eigenvalue weighted by Crippen LogP contribution is 2.12. The summed E-state index contributed by atoms with van der Waals surface area (Å²) in [5.41, 5.74) is 2.41. The molecule has 0 spiro atoms. The van der Waals surface area contributed by atoms with Crippen LogP contribution in [0, 0.1) is 0 Å². The van der Waals surface area contributed by atoms with Crippen LogP contribution in [0.4, 0.5) is 0 Å². The second-order valence-corrected chi connectivity index (χ2v) is 6.26.